The molecule has 2 N–H and O–H groups in total. The van der Waals surface area contributed by atoms with Gasteiger partial charge >= 0.3 is 0 Å². The molecule has 0 saturated heterocycles. The van der Waals surface area contributed by atoms with Crippen LogP contribution >= 0.6 is 0 Å². The van der Waals surface area contributed by atoms with Crippen molar-refractivity contribution in [1.29, 1.82) is 0 Å². The largest absolute Gasteiger partial charge is 0.507 e. The number of benzene rings is 1. The number of unbranched alkanes of at least 4 members (excludes halogenated alkanes) is 2. The van der Waals surface area contributed by atoms with Crippen LogP contribution in [0.15, 0.2) is 29.9 Å². The van der Waals surface area contributed by atoms with Gasteiger partial charge in [-0.15, -0.1) is 0 Å². The molecule has 154 valence electrons. The lowest BCUT2D eigenvalue weighted by Crippen LogP contribution is -2.19. The van der Waals surface area contributed by atoms with E-state index in [0.717, 1.165) is 43.2 Å². The molecular formula is C25H36O3. The second-order valence-corrected chi connectivity index (χ2v) is 8.70. The van der Waals surface area contributed by atoms with E-state index < -0.39 is 0 Å². The Bertz CT molecular complexity index is 770. The fourth-order valence-electron chi connectivity index (χ4n) is 4.28. The summed E-state index contributed by atoms with van der Waals surface area (Å²) < 4.78 is 0. The molecule has 0 fully saturated rings. The van der Waals surface area contributed by atoms with Crippen molar-refractivity contribution in [1.82, 2.24) is 0 Å². The van der Waals surface area contributed by atoms with Crippen molar-refractivity contribution < 1.29 is 15.0 Å². The Morgan fingerprint density at radius 3 is 2.54 bits per heavy atom. The number of carbonyl (C=O) groups excluding carboxylic acids is 1. The molecule has 0 aliphatic heterocycles. The van der Waals surface area contributed by atoms with Crippen molar-refractivity contribution in [2.45, 2.75) is 79.1 Å². The molecule has 1 aromatic carbocycles. The monoisotopic (exact) mass is 384 g/mol. The number of ketones is 1. The lowest BCUT2D eigenvalue weighted by atomic mass is 9.73. The summed E-state index contributed by atoms with van der Waals surface area (Å²) in [5, 5.41) is 22.1. The predicted octanol–water partition coefficient (Wildman–Crippen LogP) is 6.69. The number of carbonyl (C=O) groups is 1. The molecule has 2 atom stereocenters. The van der Waals surface area contributed by atoms with Crippen molar-refractivity contribution in [3.05, 3.63) is 46.6 Å². The SMILES string of the molecule is C=C(C)[C@@H]1CCC(C)=C[C@H]1c1c(O)cc(CCCCC)c(C(=O)C(C)C)c1O. The van der Waals surface area contributed by atoms with Gasteiger partial charge in [0.2, 0.25) is 0 Å². The normalized spacial score (nSPS) is 19.6. The first-order valence-corrected chi connectivity index (χ1v) is 10.6. The van der Waals surface area contributed by atoms with Crippen LogP contribution in [-0.4, -0.2) is 16.0 Å². The fraction of sp³-hybridized carbons (Fsp3) is 0.560. The maximum Gasteiger partial charge on any atom is 0.169 e. The second-order valence-electron chi connectivity index (χ2n) is 8.70. The highest BCUT2D eigenvalue weighted by molar-refractivity contribution is 6.02. The van der Waals surface area contributed by atoms with Gasteiger partial charge in [-0.05, 0) is 57.1 Å². The van der Waals surface area contributed by atoms with Gasteiger partial charge in [0.05, 0.1) is 5.56 Å². The Morgan fingerprint density at radius 2 is 1.96 bits per heavy atom. The van der Waals surface area contributed by atoms with E-state index >= 15 is 0 Å². The first-order chi connectivity index (χ1) is 13.2. The van der Waals surface area contributed by atoms with E-state index in [4.69, 9.17) is 0 Å². The van der Waals surface area contributed by atoms with Gasteiger partial charge in [-0.1, -0.05) is 57.4 Å². The second kappa shape index (κ2) is 9.45. The maximum atomic E-state index is 13.0. The molecule has 0 aromatic heterocycles. The molecule has 0 radical (unpaired) electrons. The number of hydrogen-bond donors (Lipinski definition) is 2. The lowest BCUT2D eigenvalue weighted by molar-refractivity contribution is 0.0935. The van der Waals surface area contributed by atoms with Gasteiger partial charge in [0.1, 0.15) is 11.5 Å². The highest BCUT2D eigenvalue weighted by Gasteiger charge is 2.33. The summed E-state index contributed by atoms with van der Waals surface area (Å²) in [5.41, 5.74) is 3.92. The molecule has 3 heteroatoms. The minimum absolute atomic E-state index is 0.0348. The highest BCUT2D eigenvalue weighted by Crippen LogP contribution is 2.48. The Kier molecular flexibility index (Phi) is 7.51. The van der Waals surface area contributed by atoms with Crippen molar-refractivity contribution in [2.75, 3.05) is 0 Å². The fourth-order valence-corrected chi connectivity index (χ4v) is 4.28. The summed E-state index contributed by atoms with van der Waals surface area (Å²) in [7, 11) is 0. The summed E-state index contributed by atoms with van der Waals surface area (Å²) in [6.45, 7) is 14.0. The highest BCUT2D eigenvalue weighted by atomic mass is 16.3. The molecule has 0 heterocycles. The molecule has 0 unspecified atom stereocenters. The van der Waals surface area contributed by atoms with Gasteiger partial charge in [0.25, 0.3) is 0 Å². The minimum Gasteiger partial charge on any atom is -0.507 e. The summed E-state index contributed by atoms with van der Waals surface area (Å²) in [5.74, 6) is -0.232. The zero-order valence-electron chi connectivity index (χ0n) is 18.1. The average molecular weight is 385 g/mol. The number of aromatic hydroxyl groups is 2. The summed E-state index contributed by atoms with van der Waals surface area (Å²) >= 11 is 0. The van der Waals surface area contributed by atoms with Crippen LogP contribution in [0.5, 0.6) is 11.5 Å². The average Bonchev–Trinajstić information content (AvgIpc) is 2.61. The Morgan fingerprint density at radius 1 is 1.29 bits per heavy atom. The van der Waals surface area contributed by atoms with E-state index in [9.17, 15) is 15.0 Å². The zero-order valence-corrected chi connectivity index (χ0v) is 18.1. The first kappa shape index (κ1) is 22.3. The van der Waals surface area contributed by atoms with Gasteiger partial charge in [-0.2, -0.15) is 0 Å². The number of allylic oxidation sites excluding steroid dienone is 3. The van der Waals surface area contributed by atoms with Crippen LogP contribution in [-0.2, 0) is 6.42 Å². The summed E-state index contributed by atoms with van der Waals surface area (Å²) in [6, 6.07) is 1.72. The van der Waals surface area contributed by atoms with E-state index in [1.807, 2.05) is 20.8 Å². The maximum absolute atomic E-state index is 13.0. The number of hydrogen-bond acceptors (Lipinski definition) is 3. The van der Waals surface area contributed by atoms with Gasteiger partial charge in [0, 0.05) is 17.4 Å². The topological polar surface area (TPSA) is 57.5 Å². The van der Waals surface area contributed by atoms with Crippen LogP contribution in [0.3, 0.4) is 0 Å². The van der Waals surface area contributed by atoms with Gasteiger partial charge in [0.15, 0.2) is 5.78 Å². The Labute approximate surface area is 170 Å². The van der Waals surface area contributed by atoms with Crippen LogP contribution in [0.4, 0.5) is 0 Å². The van der Waals surface area contributed by atoms with Crippen LogP contribution < -0.4 is 0 Å². The van der Waals surface area contributed by atoms with E-state index in [2.05, 4.69) is 26.5 Å². The van der Waals surface area contributed by atoms with Crippen molar-refractivity contribution in [2.24, 2.45) is 11.8 Å². The van der Waals surface area contributed by atoms with Gasteiger partial charge in [-0.3, -0.25) is 4.79 Å². The van der Waals surface area contributed by atoms with Crippen molar-refractivity contribution in [3.8, 4) is 11.5 Å². The van der Waals surface area contributed by atoms with E-state index in [1.165, 1.54) is 5.57 Å². The molecule has 3 nitrogen and oxygen atoms in total. The molecule has 1 aliphatic carbocycles. The number of rotatable bonds is 8. The predicted molar refractivity (Wildman–Crippen MR) is 116 cm³/mol. The Balaban J connectivity index is 2.64. The standard InChI is InChI=1S/C25H36O3/c1-7-8-9-10-18-14-21(26)23(25(28)22(18)24(27)16(4)5)20-13-17(6)11-12-19(20)15(2)3/h13-14,16,19-20,26,28H,2,7-12H2,1,3-6H3/t19-,20+/m0/s1. The van der Waals surface area contributed by atoms with Gasteiger partial charge in [-0.25, -0.2) is 0 Å². The lowest BCUT2D eigenvalue weighted by Gasteiger charge is -2.32. The van der Waals surface area contributed by atoms with Crippen LogP contribution in [0.1, 0.15) is 94.1 Å². The molecule has 28 heavy (non-hydrogen) atoms. The summed E-state index contributed by atoms with van der Waals surface area (Å²) in [6.07, 6.45) is 7.81. The number of Topliss-reactive ketones (excluding diaryl/α,β-unsaturated/α-hetero) is 1. The molecule has 1 aliphatic rings. The number of phenols is 2. The molecule has 0 amide bonds. The number of phenolic OH excluding ortho intramolecular Hbond substituents is 2. The third-order valence-electron chi connectivity index (χ3n) is 5.93. The quantitative estimate of drug-likeness (QED) is 0.298. The number of aryl methyl sites for hydroxylation is 1. The first-order valence-electron chi connectivity index (χ1n) is 10.6. The van der Waals surface area contributed by atoms with E-state index in [1.54, 1.807) is 6.07 Å². The smallest absolute Gasteiger partial charge is 0.169 e. The third-order valence-corrected chi connectivity index (χ3v) is 5.93. The third kappa shape index (κ3) is 4.68. The molecule has 0 bridgehead atoms. The molecule has 0 spiro atoms. The van der Waals surface area contributed by atoms with Crippen molar-refractivity contribution in [3.63, 3.8) is 0 Å². The van der Waals surface area contributed by atoms with Crippen LogP contribution in [0, 0.1) is 11.8 Å². The van der Waals surface area contributed by atoms with Crippen molar-refractivity contribution >= 4 is 5.78 Å². The molecular weight excluding hydrogens is 348 g/mol. The molecule has 0 saturated carbocycles. The molecule has 1 aromatic rings. The van der Waals surface area contributed by atoms with Gasteiger partial charge < -0.3 is 10.2 Å². The van der Waals surface area contributed by atoms with Crippen LogP contribution in [0.2, 0.25) is 0 Å². The zero-order chi connectivity index (χ0) is 21.0. The minimum atomic E-state index is -0.214. The van der Waals surface area contributed by atoms with E-state index in [0.29, 0.717) is 17.5 Å². The van der Waals surface area contributed by atoms with E-state index in [-0.39, 0.29) is 35.0 Å². The molecule has 2 rings (SSSR count). The van der Waals surface area contributed by atoms with Crippen LogP contribution in [0.25, 0.3) is 0 Å². The Hall–Kier alpha value is -2.03. The summed E-state index contributed by atoms with van der Waals surface area (Å²) in [4.78, 5) is 13.0.